The Bertz CT molecular complexity index is 1060. The number of hydrogen-bond acceptors (Lipinski definition) is 4. The molecule has 4 nitrogen and oxygen atoms in total. The summed E-state index contributed by atoms with van der Waals surface area (Å²) in [6, 6.07) is 25.4. The third kappa shape index (κ3) is 4.26. The molecule has 1 amide bonds. The zero-order valence-corrected chi connectivity index (χ0v) is 16.3. The Kier molecular flexibility index (Phi) is 5.44. The molecule has 1 aromatic heterocycles. The van der Waals surface area contributed by atoms with E-state index in [0.717, 1.165) is 28.1 Å². The lowest BCUT2D eigenvalue weighted by Crippen LogP contribution is -2.22. The second-order valence-corrected chi connectivity index (χ2v) is 7.82. The SMILES string of the molecule is CC(SCc1ccccc1)C(=O)Nc1cccc(-c2nc3ccccc3o2)c1. The first kappa shape index (κ1) is 18.3. The van der Waals surface area contributed by atoms with E-state index in [1.165, 1.54) is 5.56 Å². The number of hydrogen-bond donors (Lipinski definition) is 1. The van der Waals surface area contributed by atoms with E-state index in [4.69, 9.17) is 4.42 Å². The third-order valence-electron chi connectivity index (χ3n) is 4.38. The maximum absolute atomic E-state index is 12.6. The molecular weight excluding hydrogens is 368 g/mol. The Morgan fingerprint density at radius 2 is 1.82 bits per heavy atom. The standard InChI is InChI=1S/C23H20N2O2S/c1-16(28-15-17-8-3-2-4-9-17)22(26)24-19-11-7-10-18(14-19)23-25-20-12-5-6-13-21(20)27-23/h2-14,16H,15H2,1H3,(H,24,26). The number of anilines is 1. The van der Waals surface area contributed by atoms with Crippen LogP contribution in [0.4, 0.5) is 5.69 Å². The maximum Gasteiger partial charge on any atom is 0.237 e. The highest BCUT2D eigenvalue weighted by Gasteiger charge is 2.15. The van der Waals surface area contributed by atoms with Crippen LogP contribution in [0.25, 0.3) is 22.6 Å². The average molecular weight is 388 g/mol. The van der Waals surface area contributed by atoms with Gasteiger partial charge in [0.05, 0.1) is 5.25 Å². The number of para-hydroxylation sites is 2. The van der Waals surface area contributed by atoms with Crippen molar-refractivity contribution in [1.82, 2.24) is 4.98 Å². The molecule has 1 unspecified atom stereocenters. The van der Waals surface area contributed by atoms with Crippen LogP contribution in [0.5, 0.6) is 0 Å². The molecule has 0 aliphatic rings. The molecule has 0 saturated carbocycles. The predicted molar refractivity (Wildman–Crippen MR) is 115 cm³/mol. The van der Waals surface area contributed by atoms with Crippen molar-refractivity contribution in [3.8, 4) is 11.5 Å². The molecule has 0 saturated heterocycles. The van der Waals surface area contributed by atoms with Crippen molar-refractivity contribution in [2.75, 3.05) is 5.32 Å². The van der Waals surface area contributed by atoms with Gasteiger partial charge in [0, 0.05) is 17.0 Å². The van der Waals surface area contributed by atoms with Crippen molar-refractivity contribution in [2.45, 2.75) is 17.9 Å². The van der Waals surface area contributed by atoms with Gasteiger partial charge >= 0.3 is 0 Å². The van der Waals surface area contributed by atoms with E-state index >= 15 is 0 Å². The lowest BCUT2D eigenvalue weighted by molar-refractivity contribution is -0.115. The highest BCUT2D eigenvalue weighted by Crippen LogP contribution is 2.26. The second-order valence-electron chi connectivity index (χ2n) is 6.50. The summed E-state index contributed by atoms with van der Waals surface area (Å²) in [4.78, 5) is 17.1. The summed E-state index contributed by atoms with van der Waals surface area (Å²) in [7, 11) is 0. The molecule has 1 N–H and O–H groups in total. The van der Waals surface area contributed by atoms with Crippen LogP contribution in [-0.2, 0) is 10.5 Å². The van der Waals surface area contributed by atoms with Gasteiger partial charge in [-0.2, -0.15) is 0 Å². The van der Waals surface area contributed by atoms with E-state index in [-0.39, 0.29) is 11.2 Å². The first-order valence-electron chi connectivity index (χ1n) is 9.11. The zero-order chi connectivity index (χ0) is 19.3. The van der Waals surface area contributed by atoms with Gasteiger partial charge in [0.1, 0.15) is 5.52 Å². The fraction of sp³-hybridized carbons (Fsp3) is 0.130. The average Bonchev–Trinajstić information content (AvgIpc) is 3.17. The lowest BCUT2D eigenvalue weighted by Gasteiger charge is -2.12. The number of benzene rings is 3. The lowest BCUT2D eigenvalue weighted by atomic mass is 10.2. The number of carbonyl (C=O) groups is 1. The summed E-state index contributed by atoms with van der Waals surface area (Å²) < 4.78 is 5.82. The molecule has 1 atom stereocenters. The summed E-state index contributed by atoms with van der Waals surface area (Å²) >= 11 is 1.62. The summed E-state index contributed by atoms with van der Waals surface area (Å²) in [6.07, 6.45) is 0. The van der Waals surface area contributed by atoms with Crippen molar-refractivity contribution < 1.29 is 9.21 Å². The molecule has 0 bridgehead atoms. The molecule has 28 heavy (non-hydrogen) atoms. The highest BCUT2D eigenvalue weighted by atomic mass is 32.2. The van der Waals surface area contributed by atoms with E-state index in [9.17, 15) is 4.79 Å². The van der Waals surface area contributed by atoms with Gasteiger partial charge in [-0.15, -0.1) is 11.8 Å². The summed E-state index contributed by atoms with van der Waals surface area (Å²) in [5.41, 5.74) is 4.34. The molecule has 0 fully saturated rings. The Labute approximate surface area is 168 Å². The van der Waals surface area contributed by atoms with Crippen LogP contribution in [0.2, 0.25) is 0 Å². The molecule has 3 aromatic carbocycles. The van der Waals surface area contributed by atoms with Gasteiger partial charge in [0.25, 0.3) is 0 Å². The highest BCUT2D eigenvalue weighted by molar-refractivity contribution is 7.99. The van der Waals surface area contributed by atoms with Crippen molar-refractivity contribution in [1.29, 1.82) is 0 Å². The number of amides is 1. The molecule has 0 spiro atoms. The van der Waals surface area contributed by atoms with Crippen LogP contribution >= 0.6 is 11.8 Å². The van der Waals surface area contributed by atoms with Gasteiger partial charge in [-0.1, -0.05) is 48.5 Å². The molecule has 5 heteroatoms. The van der Waals surface area contributed by atoms with Gasteiger partial charge in [0.15, 0.2) is 5.58 Å². The number of fused-ring (bicyclic) bond motifs is 1. The zero-order valence-electron chi connectivity index (χ0n) is 15.5. The van der Waals surface area contributed by atoms with Crippen LogP contribution in [0.15, 0.2) is 83.3 Å². The fourth-order valence-corrected chi connectivity index (χ4v) is 3.69. The quantitative estimate of drug-likeness (QED) is 0.456. The van der Waals surface area contributed by atoms with Crippen molar-refractivity contribution >= 4 is 34.5 Å². The van der Waals surface area contributed by atoms with Gasteiger partial charge in [-0.25, -0.2) is 4.98 Å². The van der Waals surface area contributed by atoms with Gasteiger partial charge in [-0.3, -0.25) is 4.79 Å². The number of nitrogens with one attached hydrogen (secondary N) is 1. The van der Waals surface area contributed by atoms with Gasteiger partial charge in [-0.05, 0) is 42.8 Å². The smallest absolute Gasteiger partial charge is 0.237 e. The number of aromatic nitrogens is 1. The van der Waals surface area contributed by atoms with E-state index in [0.29, 0.717) is 5.89 Å². The van der Waals surface area contributed by atoms with Gasteiger partial charge < -0.3 is 9.73 Å². The van der Waals surface area contributed by atoms with Crippen LogP contribution < -0.4 is 5.32 Å². The number of thioether (sulfide) groups is 1. The summed E-state index contributed by atoms with van der Waals surface area (Å²) in [6.45, 7) is 1.92. The number of rotatable bonds is 6. The van der Waals surface area contributed by atoms with E-state index < -0.39 is 0 Å². The first-order chi connectivity index (χ1) is 13.7. The monoisotopic (exact) mass is 388 g/mol. The Hall–Kier alpha value is -3.05. The largest absolute Gasteiger partial charge is 0.436 e. The third-order valence-corrected chi connectivity index (χ3v) is 5.60. The van der Waals surface area contributed by atoms with Gasteiger partial charge in [0.2, 0.25) is 11.8 Å². The Morgan fingerprint density at radius 3 is 2.64 bits per heavy atom. The van der Waals surface area contributed by atoms with Crippen LogP contribution in [0.1, 0.15) is 12.5 Å². The van der Waals surface area contributed by atoms with Crippen LogP contribution in [0.3, 0.4) is 0 Å². The van der Waals surface area contributed by atoms with E-state index in [2.05, 4.69) is 22.4 Å². The minimum atomic E-state index is -0.159. The summed E-state index contributed by atoms with van der Waals surface area (Å²) in [5.74, 6) is 1.33. The molecular formula is C23H20N2O2S. The van der Waals surface area contributed by atoms with E-state index in [1.54, 1.807) is 11.8 Å². The molecule has 4 aromatic rings. The number of oxazole rings is 1. The molecule has 1 heterocycles. The minimum absolute atomic E-state index is 0.0179. The Balaban J connectivity index is 1.43. The van der Waals surface area contributed by atoms with Crippen molar-refractivity contribution in [2.24, 2.45) is 0 Å². The van der Waals surface area contributed by atoms with Crippen LogP contribution in [0, 0.1) is 0 Å². The normalized spacial score (nSPS) is 12.0. The molecule has 0 radical (unpaired) electrons. The number of nitrogens with zero attached hydrogens (tertiary/aromatic N) is 1. The van der Waals surface area contributed by atoms with Crippen LogP contribution in [-0.4, -0.2) is 16.1 Å². The minimum Gasteiger partial charge on any atom is -0.436 e. The molecule has 0 aliphatic heterocycles. The van der Waals surface area contributed by atoms with Crippen molar-refractivity contribution in [3.05, 3.63) is 84.4 Å². The molecule has 140 valence electrons. The maximum atomic E-state index is 12.6. The predicted octanol–water partition coefficient (Wildman–Crippen LogP) is 5.76. The molecule has 4 rings (SSSR count). The fourth-order valence-electron chi connectivity index (χ4n) is 2.84. The second kappa shape index (κ2) is 8.31. The van der Waals surface area contributed by atoms with Crippen molar-refractivity contribution in [3.63, 3.8) is 0 Å². The Morgan fingerprint density at radius 1 is 1.04 bits per heavy atom. The summed E-state index contributed by atoms with van der Waals surface area (Å²) in [5, 5.41) is 2.83. The number of carbonyl (C=O) groups excluding carboxylic acids is 1. The topological polar surface area (TPSA) is 55.1 Å². The van der Waals surface area contributed by atoms with E-state index in [1.807, 2.05) is 73.7 Å². The molecule has 0 aliphatic carbocycles. The first-order valence-corrected chi connectivity index (χ1v) is 10.2.